The molecule has 2 aromatic heterocycles. The summed E-state index contributed by atoms with van der Waals surface area (Å²) >= 11 is 0. The Balaban J connectivity index is 1.95. The van der Waals surface area contributed by atoms with E-state index in [2.05, 4.69) is 27.5 Å². The monoisotopic (exact) mass is 305 g/mol. The van der Waals surface area contributed by atoms with E-state index in [4.69, 9.17) is 5.26 Å². The molecule has 0 saturated carbocycles. The molecule has 1 amide bonds. The lowest BCUT2D eigenvalue weighted by Gasteiger charge is -2.08. The third-order valence-corrected chi connectivity index (χ3v) is 3.53. The Hall–Kier alpha value is -3.20. The van der Waals surface area contributed by atoms with Gasteiger partial charge in [-0.2, -0.15) is 10.4 Å². The van der Waals surface area contributed by atoms with Crippen LogP contribution in [0.1, 0.15) is 18.1 Å². The number of nitriles is 1. The van der Waals surface area contributed by atoms with Crippen LogP contribution in [0.15, 0.2) is 42.7 Å². The minimum Gasteiger partial charge on any atom is -0.356 e. The molecule has 6 heteroatoms. The van der Waals surface area contributed by atoms with Crippen molar-refractivity contribution in [1.29, 1.82) is 5.26 Å². The van der Waals surface area contributed by atoms with E-state index in [0.29, 0.717) is 17.8 Å². The molecule has 2 heterocycles. The fourth-order valence-corrected chi connectivity index (χ4v) is 2.46. The van der Waals surface area contributed by atoms with Gasteiger partial charge in [0.25, 0.3) is 0 Å². The quantitative estimate of drug-likeness (QED) is 0.798. The second-order valence-corrected chi connectivity index (χ2v) is 5.17. The summed E-state index contributed by atoms with van der Waals surface area (Å²) in [4.78, 5) is 15.2. The molecule has 0 unspecified atom stereocenters. The maximum absolute atomic E-state index is 10.9. The van der Waals surface area contributed by atoms with E-state index in [1.54, 1.807) is 10.7 Å². The average Bonchev–Trinajstić information content (AvgIpc) is 2.98. The second-order valence-electron chi connectivity index (χ2n) is 5.17. The summed E-state index contributed by atoms with van der Waals surface area (Å²) in [5.74, 6) is -0.0300. The Morgan fingerprint density at radius 1 is 1.39 bits per heavy atom. The number of carbonyl (C=O) groups is 1. The zero-order valence-electron chi connectivity index (χ0n) is 12.7. The molecule has 0 atom stereocenters. The van der Waals surface area contributed by atoms with Crippen molar-refractivity contribution in [3.8, 4) is 17.3 Å². The number of fused-ring (bicyclic) bond motifs is 1. The molecule has 0 saturated heterocycles. The lowest BCUT2D eigenvalue weighted by molar-refractivity contribution is -0.118. The molecule has 0 aliphatic heterocycles. The first-order valence-electron chi connectivity index (χ1n) is 7.25. The number of nitrogens with zero attached hydrogens (tertiary/aromatic N) is 4. The predicted octanol–water partition coefficient (Wildman–Crippen LogP) is 1.95. The minimum absolute atomic E-state index is 0.0300. The molecule has 1 aromatic carbocycles. The molecular weight excluding hydrogens is 290 g/mol. The zero-order valence-corrected chi connectivity index (χ0v) is 12.7. The van der Waals surface area contributed by atoms with Gasteiger partial charge in [0.1, 0.15) is 11.6 Å². The number of hydrogen-bond acceptors (Lipinski definition) is 4. The van der Waals surface area contributed by atoms with Gasteiger partial charge in [-0.05, 0) is 24.1 Å². The van der Waals surface area contributed by atoms with Gasteiger partial charge in [0, 0.05) is 25.2 Å². The van der Waals surface area contributed by atoms with Crippen LogP contribution in [0.25, 0.3) is 16.9 Å². The van der Waals surface area contributed by atoms with E-state index in [9.17, 15) is 4.79 Å². The van der Waals surface area contributed by atoms with Crippen LogP contribution in [0.4, 0.5) is 0 Å². The van der Waals surface area contributed by atoms with Crippen LogP contribution in [0, 0.1) is 11.3 Å². The summed E-state index contributed by atoms with van der Waals surface area (Å²) in [6.45, 7) is 2.11. The summed E-state index contributed by atoms with van der Waals surface area (Å²) in [6.07, 6.45) is 3.95. The fourth-order valence-electron chi connectivity index (χ4n) is 2.46. The molecule has 0 aliphatic rings. The van der Waals surface area contributed by atoms with E-state index < -0.39 is 0 Å². The van der Waals surface area contributed by atoms with E-state index in [0.717, 1.165) is 23.2 Å². The molecule has 114 valence electrons. The van der Waals surface area contributed by atoms with E-state index >= 15 is 0 Å². The Morgan fingerprint density at radius 3 is 3.04 bits per heavy atom. The van der Waals surface area contributed by atoms with Crippen LogP contribution in [-0.2, 0) is 11.2 Å². The van der Waals surface area contributed by atoms with Gasteiger partial charge >= 0.3 is 0 Å². The summed E-state index contributed by atoms with van der Waals surface area (Å²) in [5, 5.41) is 16.1. The summed E-state index contributed by atoms with van der Waals surface area (Å²) in [5.41, 5.74) is 3.99. The van der Waals surface area contributed by atoms with Gasteiger partial charge in [-0.15, -0.1) is 0 Å². The number of benzene rings is 1. The average molecular weight is 305 g/mol. The predicted molar refractivity (Wildman–Crippen MR) is 85.5 cm³/mol. The van der Waals surface area contributed by atoms with Gasteiger partial charge in [-0.3, -0.25) is 4.79 Å². The van der Waals surface area contributed by atoms with Crippen molar-refractivity contribution in [3.63, 3.8) is 0 Å². The van der Waals surface area contributed by atoms with Crippen LogP contribution in [0.2, 0.25) is 0 Å². The molecule has 0 aliphatic carbocycles. The minimum atomic E-state index is -0.0300. The van der Waals surface area contributed by atoms with E-state index in [-0.39, 0.29) is 5.91 Å². The SMILES string of the molecule is CC(=O)NCCc1cccc(-c2ccnc3c(C#N)cnn23)c1. The molecule has 0 bridgehead atoms. The maximum atomic E-state index is 10.9. The highest BCUT2D eigenvalue weighted by Crippen LogP contribution is 2.22. The van der Waals surface area contributed by atoms with Gasteiger partial charge in [0.05, 0.1) is 11.9 Å². The summed E-state index contributed by atoms with van der Waals surface area (Å²) < 4.78 is 1.67. The Bertz CT molecular complexity index is 907. The summed E-state index contributed by atoms with van der Waals surface area (Å²) in [6, 6.07) is 12.0. The largest absolute Gasteiger partial charge is 0.356 e. The number of hydrogen-bond donors (Lipinski definition) is 1. The van der Waals surface area contributed by atoms with Gasteiger partial charge in [-0.1, -0.05) is 18.2 Å². The maximum Gasteiger partial charge on any atom is 0.216 e. The van der Waals surface area contributed by atoms with Crippen molar-refractivity contribution in [1.82, 2.24) is 19.9 Å². The number of amides is 1. The van der Waals surface area contributed by atoms with E-state index in [1.165, 1.54) is 13.1 Å². The van der Waals surface area contributed by atoms with Crippen molar-refractivity contribution >= 4 is 11.6 Å². The molecule has 1 N–H and O–H groups in total. The number of aromatic nitrogens is 3. The zero-order chi connectivity index (χ0) is 16.2. The Morgan fingerprint density at radius 2 is 2.26 bits per heavy atom. The first-order chi connectivity index (χ1) is 11.2. The molecule has 6 nitrogen and oxygen atoms in total. The molecule has 3 rings (SSSR count). The van der Waals surface area contributed by atoms with Crippen molar-refractivity contribution < 1.29 is 4.79 Å². The van der Waals surface area contributed by atoms with Crippen LogP contribution < -0.4 is 5.32 Å². The van der Waals surface area contributed by atoms with Gasteiger partial charge < -0.3 is 5.32 Å². The highest BCUT2D eigenvalue weighted by molar-refractivity contribution is 5.72. The topological polar surface area (TPSA) is 83.1 Å². The smallest absolute Gasteiger partial charge is 0.216 e. The lowest BCUT2D eigenvalue weighted by Crippen LogP contribution is -2.22. The fraction of sp³-hybridized carbons (Fsp3) is 0.176. The third-order valence-electron chi connectivity index (χ3n) is 3.53. The van der Waals surface area contributed by atoms with Crippen LogP contribution >= 0.6 is 0 Å². The second kappa shape index (κ2) is 6.28. The number of carbonyl (C=O) groups excluding carboxylic acids is 1. The van der Waals surface area contributed by atoms with Crippen LogP contribution in [0.3, 0.4) is 0 Å². The summed E-state index contributed by atoms with van der Waals surface area (Å²) in [7, 11) is 0. The lowest BCUT2D eigenvalue weighted by atomic mass is 10.1. The molecule has 3 aromatic rings. The van der Waals surface area contributed by atoms with E-state index in [1.807, 2.05) is 24.3 Å². The molecular formula is C17H15N5O. The van der Waals surface area contributed by atoms with Crippen molar-refractivity contribution in [2.45, 2.75) is 13.3 Å². The Kier molecular flexibility index (Phi) is 4.02. The van der Waals surface area contributed by atoms with Crippen molar-refractivity contribution in [3.05, 3.63) is 53.9 Å². The third kappa shape index (κ3) is 3.04. The molecule has 0 radical (unpaired) electrons. The van der Waals surface area contributed by atoms with Crippen LogP contribution in [-0.4, -0.2) is 27.0 Å². The van der Waals surface area contributed by atoms with Crippen molar-refractivity contribution in [2.75, 3.05) is 6.54 Å². The first-order valence-corrected chi connectivity index (χ1v) is 7.25. The standard InChI is InChI=1S/C17H15N5O/c1-12(23)19-7-5-13-3-2-4-14(9-13)16-6-8-20-17-15(10-18)11-21-22(16)17/h2-4,6,8-9,11H,5,7H2,1H3,(H,19,23). The Labute approximate surface area is 133 Å². The first kappa shape index (κ1) is 14.7. The number of rotatable bonds is 4. The highest BCUT2D eigenvalue weighted by Gasteiger charge is 2.10. The van der Waals surface area contributed by atoms with Gasteiger partial charge in [0.2, 0.25) is 5.91 Å². The van der Waals surface area contributed by atoms with Gasteiger partial charge in [0.15, 0.2) is 5.65 Å². The molecule has 23 heavy (non-hydrogen) atoms. The normalized spacial score (nSPS) is 10.4. The van der Waals surface area contributed by atoms with Crippen molar-refractivity contribution in [2.24, 2.45) is 0 Å². The van der Waals surface area contributed by atoms with Gasteiger partial charge in [-0.25, -0.2) is 9.50 Å². The molecule has 0 fully saturated rings. The van der Waals surface area contributed by atoms with Crippen LogP contribution in [0.5, 0.6) is 0 Å². The molecule has 0 spiro atoms. The highest BCUT2D eigenvalue weighted by atomic mass is 16.1. The number of nitrogens with one attached hydrogen (secondary N) is 1.